The van der Waals surface area contributed by atoms with Crippen molar-refractivity contribution in [1.82, 2.24) is 14.8 Å². The van der Waals surface area contributed by atoms with Crippen LogP contribution in [-0.2, 0) is 11.2 Å². The topological polar surface area (TPSA) is 47.8 Å². The van der Waals surface area contributed by atoms with Gasteiger partial charge in [0.05, 0.1) is 6.42 Å². The lowest BCUT2D eigenvalue weighted by atomic mass is 9.95. The summed E-state index contributed by atoms with van der Waals surface area (Å²) < 4.78 is 1.83. The highest BCUT2D eigenvalue weighted by Crippen LogP contribution is 2.20. The van der Waals surface area contributed by atoms with Gasteiger partial charge in [0, 0.05) is 12.5 Å². The molecule has 0 atom stereocenters. The molecule has 0 N–H and O–H groups in total. The predicted octanol–water partition coefficient (Wildman–Crippen LogP) is 2.86. The van der Waals surface area contributed by atoms with E-state index in [-0.39, 0.29) is 11.8 Å². The van der Waals surface area contributed by atoms with Gasteiger partial charge >= 0.3 is 0 Å². The summed E-state index contributed by atoms with van der Waals surface area (Å²) in [5, 5.41) is 4.15. The van der Waals surface area contributed by atoms with Crippen LogP contribution in [0.25, 0.3) is 0 Å². The maximum absolute atomic E-state index is 12.0. The van der Waals surface area contributed by atoms with Crippen molar-refractivity contribution in [3.05, 3.63) is 23.8 Å². The first-order chi connectivity index (χ1) is 8.66. The second-order valence-electron chi connectivity index (χ2n) is 5.21. The Labute approximate surface area is 108 Å². The first kappa shape index (κ1) is 13.0. The van der Waals surface area contributed by atoms with Crippen LogP contribution >= 0.6 is 0 Å². The zero-order valence-electron chi connectivity index (χ0n) is 11.2. The minimum Gasteiger partial charge on any atom is -0.299 e. The van der Waals surface area contributed by atoms with E-state index in [4.69, 9.17) is 0 Å². The van der Waals surface area contributed by atoms with Crippen molar-refractivity contribution in [2.24, 2.45) is 0 Å². The molecule has 4 nitrogen and oxygen atoms in total. The molecule has 2 rings (SSSR count). The molecule has 18 heavy (non-hydrogen) atoms. The van der Waals surface area contributed by atoms with Crippen LogP contribution in [0.5, 0.6) is 0 Å². The van der Waals surface area contributed by atoms with Crippen LogP contribution in [0.15, 0.2) is 18.0 Å². The smallest absolute Gasteiger partial charge is 0.144 e. The van der Waals surface area contributed by atoms with E-state index in [1.54, 1.807) is 0 Å². The predicted molar refractivity (Wildman–Crippen MR) is 70.3 cm³/mol. The highest BCUT2D eigenvalue weighted by atomic mass is 16.1. The number of rotatable bonds is 5. The zero-order chi connectivity index (χ0) is 13.0. The summed E-state index contributed by atoms with van der Waals surface area (Å²) in [4.78, 5) is 16.2. The van der Waals surface area contributed by atoms with Crippen LogP contribution in [0, 0.1) is 0 Å². The lowest BCUT2D eigenvalue weighted by Crippen LogP contribution is -2.13. The van der Waals surface area contributed by atoms with Gasteiger partial charge in [-0.05, 0) is 39.5 Å². The fourth-order valence-electron chi connectivity index (χ4n) is 2.39. The van der Waals surface area contributed by atoms with E-state index in [9.17, 15) is 4.79 Å². The Morgan fingerprint density at radius 3 is 2.89 bits per heavy atom. The van der Waals surface area contributed by atoms with Crippen LogP contribution in [0.1, 0.15) is 57.8 Å². The van der Waals surface area contributed by atoms with Gasteiger partial charge in [0.25, 0.3) is 0 Å². The summed E-state index contributed by atoms with van der Waals surface area (Å²) in [6.07, 6.45) is 9.45. The summed E-state index contributed by atoms with van der Waals surface area (Å²) in [6, 6.07) is 0.254. The minimum absolute atomic E-state index is 0.248. The fraction of sp³-hybridized carbons (Fsp3) is 0.643. The van der Waals surface area contributed by atoms with Gasteiger partial charge < -0.3 is 0 Å². The number of aromatic nitrogens is 3. The summed E-state index contributed by atoms with van der Waals surface area (Å²) in [5.74, 6) is 1.03. The Hall–Kier alpha value is -1.45. The third-order valence-electron chi connectivity index (χ3n) is 3.30. The number of ketones is 1. The van der Waals surface area contributed by atoms with Crippen molar-refractivity contribution in [3.63, 3.8) is 0 Å². The third-order valence-corrected chi connectivity index (χ3v) is 3.30. The normalized spacial score (nSPS) is 15.8. The molecule has 98 valence electrons. The van der Waals surface area contributed by atoms with Crippen molar-refractivity contribution in [1.29, 1.82) is 0 Å². The van der Waals surface area contributed by atoms with Crippen LogP contribution in [-0.4, -0.2) is 20.5 Å². The van der Waals surface area contributed by atoms with Gasteiger partial charge in [-0.25, -0.2) is 9.67 Å². The maximum Gasteiger partial charge on any atom is 0.144 e. The summed E-state index contributed by atoms with van der Waals surface area (Å²) in [6.45, 7) is 4.10. The molecule has 4 heteroatoms. The lowest BCUT2D eigenvalue weighted by Gasteiger charge is -2.12. The largest absolute Gasteiger partial charge is 0.299 e. The van der Waals surface area contributed by atoms with E-state index >= 15 is 0 Å². The molecule has 0 fully saturated rings. The SMILES string of the molecule is CC(C)n1ncnc1CC(=O)CC1=CCCCC1. The van der Waals surface area contributed by atoms with Crippen LogP contribution in [0.3, 0.4) is 0 Å². The lowest BCUT2D eigenvalue weighted by molar-refractivity contribution is -0.118. The quantitative estimate of drug-likeness (QED) is 0.752. The van der Waals surface area contributed by atoms with E-state index in [0.717, 1.165) is 18.7 Å². The van der Waals surface area contributed by atoms with Gasteiger partial charge in [-0.15, -0.1) is 0 Å². The summed E-state index contributed by atoms with van der Waals surface area (Å²) in [7, 11) is 0. The number of carbonyl (C=O) groups excluding carboxylic acids is 1. The van der Waals surface area contributed by atoms with Crippen molar-refractivity contribution >= 4 is 5.78 Å². The molecular weight excluding hydrogens is 226 g/mol. The van der Waals surface area contributed by atoms with E-state index in [1.165, 1.54) is 24.7 Å². The molecule has 1 heterocycles. The van der Waals surface area contributed by atoms with Crippen LogP contribution < -0.4 is 0 Å². The maximum atomic E-state index is 12.0. The number of nitrogens with zero attached hydrogens (tertiary/aromatic N) is 3. The van der Waals surface area contributed by atoms with Crippen molar-refractivity contribution in [2.45, 2.75) is 58.4 Å². The van der Waals surface area contributed by atoms with Gasteiger partial charge in [0.15, 0.2) is 0 Å². The molecule has 1 aromatic rings. The van der Waals surface area contributed by atoms with Crippen molar-refractivity contribution in [2.75, 3.05) is 0 Å². The number of hydrogen-bond donors (Lipinski definition) is 0. The zero-order valence-corrected chi connectivity index (χ0v) is 11.2. The Morgan fingerprint density at radius 1 is 1.39 bits per heavy atom. The van der Waals surface area contributed by atoms with Crippen molar-refractivity contribution in [3.8, 4) is 0 Å². The van der Waals surface area contributed by atoms with Gasteiger partial charge in [-0.2, -0.15) is 5.10 Å². The number of carbonyl (C=O) groups is 1. The molecule has 1 aliphatic carbocycles. The minimum atomic E-state index is 0.248. The highest BCUT2D eigenvalue weighted by Gasteiger charge is 2.14. The highest BCUT2D eigenvalue weighted by molar-refractivity contribution is 5.82. The Kier molecular flexibility index (Phi) is 4.28. The first-order valence-electron chi connectivity index (χ1n) is 6.75. The molecule has 0 amide bonds. The molecular formula is C14H21N3O. The Bertz CT molecular complexity index is 446. The van der Waals surface area contributed by atoms with Gasteiger partial charge in [-0.1, -0.05) is 11.6 Å². The average molecular weight is 247 g/mol. The molecule has 1 aromatic heterocycles. The molecule has 1 aliphatic rings. The molecule has 0 unspecified atom stereocenters. The Morgan fingerprint density at radius 2 is 2.22 bits per heavy atom. The monoisotopic (exact) mass is 247 g/mol. The molecule has 0 aliphatic heterocycles. The van der Waals surface area contributed by atoms with Gasteiger partial charge in [-0.3, -0.25) is 4.79 Å². The summed E-state index contributed by atoms with van der Waals surface area (Å²) in [5.41, 5.74) is 1.31. The third kappa shape index (κ3) is 3.28. The second-order valence-corrected chi connectivity index (χ2v) is 5.21. The average Bonchev–Trinajstić information content (AvgIpc) is 2.78. The van der Waals surface area contributed by atoms with Gasteiger partial charge in [0.1, 0.15) is 17.9 Å². The molecule has 0 saturated heterocycles. The van der Waals surface area contributed by atoms with E-state index in [0.29, 0.717) is 12.8 Å². The molecule has 0 radical (unpaired) electrons. The van der Waals surface area contributed by atoms with Gasteiger partial charge in [0.2, 0.25) is 0 Å². The standard InChI is InChI=1S/C14H21N3O/c1-11(2)17-14(15-10-16-17)9-13(18)8-12-6-4-3-5-7-12/h6,10-11H,3-5,7-9H2,1-2H3. The number of allylic oxidation sites excluding steroid dienone is 2. The number of Topliss-reactive ketones (excluding diaryl/α,β-unsaturated/α-hetero) is 1. The van der Waals surface area contributed by atoms with E-state index in [2.05, 4.69) is 16.2 Å². The number of hydrogen-bond acceptors (Lipinski definition) is 3. The molecule has 0 saturated carbocycles. The van der Waals surface area contributed by atoms with Crippen molar-refractivity contribution < 1.29 is 4.79 Å². The van der Waals surface area contributed by atoms with E-state index in [1.807, 2.05) is 18.5 Å². The Balaban J connectivity index is 1.94. The molecule has 0 spiro atoms. The van der Waals surface area contributed by atoms with Crippen LogP contribution in [0.2, 0.25) is 0 Å². The first-order valence-corrected chi connectivity index (χ1v) is 6.75. The molecule has 0 bridgehead atoms. The molecule has 0 aromatic carbocycles. The summed E-state index contributed by atoms with van der Waals surface area (Å²) >= 11 is 0. The fourth-order valence-corrected chi connectivity index (χ4v) is 2.39. The van der Waals surface area contributed by atoms with E-state index < -0.39 is 0 Å². The second kappa shape index (κ2) is 5.94. The van der Waals surface area contributed by atoms with Crippen LogP contribution in [0.4, 0.5) is 0 Å².